The lowest BCUT2D eigenvalue weighted by atomic mass is 9.98. The van der Waals surface area contributed by atoms with E-state index in [1.807, 2.05) is 6.92 Å². The molecule has 0 aromatic rings. The second-order valence-electron chi connectivity index (χ2n) is 3.22. The second-order valence-corrected chi connectivity index (χ2v) is 3.22. The molecule has 11 heavy (non-hydrogen) atoms. The maximum atomic E-state index is 11.3. The lowest BCUT2D eigenvalue weighted by molar-refractivity contribution is -0.521. The average Bonchev–Trinajstić information content (AvgIpc) is 2.14. The molecule has 0 amide bonds. The summed E-state index contributed by atoms with van der Waals surface area (Å²) in [5.41, 5.74) is 0.595. The molecule has 0 unspecified atom stereocenters. The van der Waals surface area contributed by atoms with E-state index in [9.17, 15) is 10.0 Å². The van der Waals surface area contributed by atoms with Crippen LogP contribution < -0.4 is 0 Å². The van der Waals surface area contributed by atoms with Crippen molar-refractivity contribution in [2.24, 2.45) is 0 Å². The van der Waals surface area contributed by atoms with Crippen LogP contribution in [0.25, 0.3) is 0 Å². The molecule has 0 bridgehead atoms. The molecule has 0 radical (unpaired) electrons. The number of rotatable bonds is 1. The Morgan fingerprint density at radius 3 is 2.36 bits per heavy atom. The van der Waals surface area contributed by atoms with Crippen LogP contribution in [0.5, 0.6) is 0 Å². The van der Waals surface area contributed by atoms with E-state index in [0.29, 0.717) is 6.29 Å². The highest BCUT2D eigenvalue weighted by molar-refractivity contribution is 6.32. The van der Waals surface area contributed by atoms with Crippen molar-refractivity contribution in [3.8, 4) is 0 Å². The zero-order valence-corrected chi connectivity index (χ0v) is 6.92. The van der Waals surface area contributed by atoms with Gasteiger partial charge in [-0.05, 0) is 6.92 Å². The zero-order chi connectivity index (χ0) is 8.65. The molecule has 0 fully saturated rings. The molecule has 0 aliphatic carbocycles. The molecule has 3 heteroatoms. The van der Waals surface area contributed by atoms with Crippen LogP contribution in [0, 0.1) is 5.21 Å². The average molecular weight is 153 g/mol. The molecule has 1 rings (SSSR count). The van der Waals surface area contributed by atoms with Gasteiger partial charge in [0.05, 0.1) is 0 Å². The van der Waals surface area contributed by atoms with Gasteiger partial charge in [-0.15, -0.1) is 0 Å². The van der Waals surface area contributed by atoms with Crippen molar-refractivity contribution in [3.63, 3.8) is 0 Å². The van der Waals surface area contributed by atoms with E-state index in [1.165, 1.54) is 0 Å². The Morgan fingerprint density at radius 2 is 2.18 bits per heavy atom. The smallest absolute Gasteiger partial charge is 0.252 e. The number of hydrogen-bond acceptors (Lipinski definition) is 2. The highest BCUT2D eigenvalue weighted by Crippen LogP contribution is 2.24. The fourth-order valence-corrected chi connectivity index (χ4v) is 1.02. The molecule has 0 saturated carbocycles. The number of nitrogens with zero attached hydrogens (tertiary/aromatic N) is 1. The quantitative estimate of drug-likeness (QED) is 0.319. The molecule has 0 spiro atoms. The van der Waals surface area contributed by atoms with E-state index in [0.717, 1.165) is 10.3 Å². The monoisotopic (exact) mass is 153 g/mol. The highest BCUT2D eigenvalue weighted by Gasteiger charge is 2.36. The zero-order valence-electron chi connectivity index (χ0n) is 6.92. The van der Waals surface area contributed by atoms with E-state index < -0.39 is 5.54 Å². The summed E-state index contributed by atoms with van der Waals surface area (Å²) in [7, 11) is 0. The van der Waals surface area contributed by atoms with E-state index in [-0.39, 0.29) is 5.71 Å². The second kappa shape index (κ2) is 2.19. The van der Waals surface area contributed by atoms with Crippen molar-refractivity contribution in [1.29, 1.82) is 0 Å². The summed E-state index contributed by atoms with van der Waals surface area (Å²) in [5, 5.41) is 11.3. The van der Waals surface area contributed by atoms with Crippen LogP contribution in [-0.4, -0.2) is 22.3 Å². The summed E-state index contributed by atoms with van der Waals surface area (Å²) < 4.78 is 0.745. The summed E-state index contributed by atoms with van der Waals surface area (Å²) in [5.74, 6) is 0. The molecular formula is C8H11NO2. The first-order valence-corrected chi connectivity index (χ1v) is 3.48. The minimum absolute atomic E-state index is 0.215. The molecular weight excluding hydrogens is 142 g/mol. The van der Waals surface area contributed by atoms with Gasteiger partial charge >= 0.3 is 0 Å². The Labute approximate surface area is 65.6 Å². The molecule has 0 N–H and O–H groups in total. The van der Waals surface area contributed by atoms with Crippen molar-refractivity contribution in [3.05, 3.63) is 16.9 Å². The van der Waals surface area contributed by atoms with Crippen molar-refractivity contribution in [2.75, 3.05) is 0 Å². The van der Waals surface area contributed by atoms with Crippen LogP contribution in [0.15, 0.2) is 11.6 Å². The third-order valence-corrected chi connectivity index (χ3v) is 2.19. The van der Waals surface area contributed by atoms with Gasteiger partial charge in [-0.3, -0.25) is 4.79 Å². The first-order chi connectivity index (χ1) is 5.00. The fraction of sp³-hybridized carbons (Fsp3) is 0.500. The van der Waals surface area contributed by atoms with Crippen molar-refractivity contribution in [2.45, 2.75) is 26.3 Å². The molecule has 0 atom stereocenters. The number of hydrogen-bond donors (Lipinski definition) is 0. The predicted octanol–water partition coefficient (Wildman–Crippen LogP) is 0.875. The SMILES string of the molecule is CC1=CC(C=O)=[N+]([O-])C1(C)C. The Hall–Kier alpha value is -1.12. The summed E-state index contributed by atoms with van der Waals surface area (Å²) in [6.07, 6.45) is 2.21. The molecule has 60 valence electrons. The van der Waals surface area contributed by atoms with Crippen LogP contribution in [0.2, 0.25) is 0 Å². The fourth-order valence-electron chi connectivity index (χ4n) is 1.02. The van der Waals surface area contributed by atoms with Gasteiger partial charge in [0.1, 0.15) is 0 Å². The number of carbonyl (C=O) groups excluding carboxylic acids is 1. The lowest BCUT2D eigenvalue weighted by Gasteiger charge is -2.20. The van der Waals surface area contributed by atoms with Gasteiger partial charge in [0, 0.05) is 25.5 Å². The van der Waals surface area contributed by atoms with E-state index in [4.69, 9.17) is 0 Å². The summed E-state index contributed by atoms with van der Waals surface area (Å²) in [6.45, 7) is 5.44. The Kier molecular flexibility index (Phi) is 1.59. The molecule has 3 nitrogen and oxygen atoms in total. The third kappa shape index (κ3) is 0.964. The van der Waals surface area contributed by atoms with Crippen LogP contribution in [0.4, 0.5) is 0 Å². The van der Waals surface area contributed by atoms with Crippen molar-refractivity contribution >= 4 is 12.0 Å². The summed E-state index contributed by atoms with van der Waals surface area (Å²) >= 11 is 0. The van der Waals surface area contributed by atoms with E-state index in [2.05, 4.69) is 0 Å². The van der Waals surface area contributed by atoms with Gasteiger partial charge in [0.15, 0.2) is 5.54 Å². The normalized spacial score (nSPS) is 21.9. The van der Waals surface area contributed by atoms with E-state index in [1.54, 1.807) is 19.9 Å². The Balaban J connectivity index is 3.17. The van der Waals surface area contributed by atoms with Crippen molar-refractivity contribution < 1.29 is 9.53 Å². The van der Waals surface area contributed by atoms with Gasteiger partial charge in [-0.2, -0.15) is 4.74 Å². The van der Waals surface area contributed by atoms with Crippen molar-refractivity contribution in [1.82, 2.24) is 0 Å². The van der Waals surface area contributed by atoms with Gasteiger partial charge in [0.25, 0.3) is 5.71 Å². The van der Waals surface area contributed by atoms with E-state index >= 15 is 0 Å². The summed E-state index contributed by atoms with van der Waals surface area (Å²) in [6, 6.07) is 0. The minimum Gasteiger partial charge on any atom is -0.623 e. The molecule has 1 aliphatic rings. The minimum atomic E-state index is -0.545. The van der Waals surface area contributed by atoms with Crippen LogP contribution in [0.1, 0.15) is 20.8 Å². The first kappa shape index (κ1) is 7.98. The Bertz CT molecular complexity index is 261. The molecule has 0 aromatic heterocycles. The van der Waals surface area contributed by atoms with Crippen LogP contribution in [-0.2, 0) is 4.79 Å². The van der Waals surface area contributed by atoms with Crippen LogP contribution >= 0.6 is 0 Å². The number of aldehydes is 1. The maximum Gasteiger partial charge on any atom is 0.252 e. The number of allylic oxidation sites excluding steroid dienone is 1. The first-order valence-electron chi connectivity index (χ1n) is 3.48. The summed E-state index contributed by atoms with van der Waals surface area (Å²) in [4.78, 5) is 10.3. The van der Waals surface area contributed by atoms with Gasteiger partial charge in [0.2, 0.25) is 6.29 Å². The largest absolute Gasteiger partial charge is 0.623 e. The molecule has 1 heterocycles. The molecule has 0 aromatic carbocycles. The standard InChI is InChI=1S/C8H11NO2/c1-6-4-7(5-10)9(11)8(6,2)3/h4-5H,1-3H3. The maximum absolute atomic E-state index is 11.3. The van der Waals surface area contributed by atoms with Gasteiger partial charge in [-0.25, -0.2) is 0 Å². The topological polar surface area (TPSA) is 43.1 Å². The van der Waals surface area contributed by atoms with Crippen LogP contribution in [0.3, 0.4) is 0 Å². The van der Waals surface area contributed by atoms with Gasteiger partial charge in [-0.1, -0.05) is 0 Å². The molecule has 1 aliphatic heterocycles. The van der Waals surface area contributed by atoms with Gasteiger partial charge < -0.3 is 5.21 Å². The number of hydroxylamine groups is 1. The highest BCUT2D eigenvalue weighted by atomic mass is 16.5. The lowest BCUT2D eigenvalue weighted by Crippen LogP contribution is -2.32. The number of carbonyl (C=O) groups is 1. The molecule has 0 saturated heterocycles. The Morgan fingerprint density at radius 1 is 1.64 bits per heavy atom. The third-order valence-electron chi connectivity index (χ3n) is 2.19. The predicted molar refractivity (Wildman–Crippen MR) is 42.5 cm³/mol.